The maximum Gasteiger partial charge on any atom is 0.339 e. The van der Waals surface area contributed by atoms with Crippen molar-refractivity contribution in [3.8, 4) is 0 Å². The molecule has 0 aliphatic rings. The third-order valence-electron chi connectivity index (χ3n) is 1.54. The summed E-state index contributed by atoms with van der Waals surface area (Å²) in [5, 5.41) is 9.31. The molecule has 0 aromatic heterocycles. The third kappa shape index (κ3) is 1.83. The average Bonchev–Trinajstić information content (AvgIpc) is 2.17. The SMILES string of the molecule is COC(=O)[C@H](O)c1ccccc1. The summed E-state index contributed by atoms with van der Waals surface area (Å²) in [6, 6.07) is 8.65. The van der Waals surface area contributed by atoms with Gasteiger partial charge in [-0.25, -0.2) is 4.79 Å². The van der Waals surface area contributed by atoms with Crippen molar-refractivity contribution in [2.75, 3.05) is 7.11 Å². The first-order valence-corrected chi connectivity index (χ1v) is 3.56. The second kappa shape index (κ2) is 3.88. The van der Waals surface area contributed by atoms with Crippen molar-refractivity contribution in [1.29, 1.82) is 0 Å². The van der Waals surface area contributed by atoms with Crippen molar-refractivity contribution < 1.29 is 14.6 Å². The fourth-order valence-electron chi connectivity index (χ4n) is 0.883. The molecule has 0 saturated carbocycles. The van der Waals surface area contributed by atoms with E-state index in [2.05, 4.69) is 4.74 Å². The van der Waals surface area contributed by atoms with Crippen LogP contribution in [-0.2, 0) is 9.53 Å². The van der Waals surface area contributed by atoms with Crippen molar-refractivity contribution in [2.45, 2.75) is 6.10 Å². The largest absolute Gasteiger partial charge is 0.467 e. The lowest BCUT2D eigenvalue weighted by atomic mass is 10.1. The Balaban J connectivity index is 2.78. The highest BCUT2D eigenvalue weighted by Crippen LogP contribution is 2.12. The lowest BCUT2D eigenvalue weighted by Crippen LogP contribution is -2.13. The molecule has 3 heteroatoms. The van der Waals surface area contributed by atoms with Gasteiger partial charge in [0, 0.05) is 0 Å². The minimum absolute atomic E-state index is 0.546. The first-order valence-electron chi connectivity index (χ1n) is 3.56. The van der Waals surface area contributed by atoms with Gasteiger partial charge in [-0.2, -0.15) is 0 Å². The summed E-state index contributed by atoms with van der Waals surface area (Å²) in [5.74, 6) is -0.638. The van der Waals surface area contributed by atoms with Gasteiger partial charge in [-0.15, -0.1) is 0 Å². The van der Waals surface area contributed by atoms with Crippen LogP contribution in [0.4, 0.5) is 0 Å². The summed E-state index contributed by atoms with van der Waals surface area (Å²) < 4.78 is 4.38. The normalized spacial score (nSPS) is 12.2. The summed E-state index contributed by atoms with van der Waals surface area (Å²) in [6.45, 7) is 0. The van der Waals surface area contributed by atoms with Gasteiger partial charge in [-0.1, -0.05) is 30.3 Å². The highest BCUT2D eigenvalue weighted by Gasteiger charge is 2.16. The number of esters is 1. The van der Waals surface area contributed by atoms with E-state index >= 15 is 0 Å². The number of benzene rings is 1. The molecule has 0 heterocycles. The fraction of sp³-hybridized carbons (Fsp3) is 0.222. The lowest BCUT2D eigenvalue weighted by Gasteiger charge is -2.07. The van der Waals surface area contributed by atoms with Crippen molar-refractivity contribution in [3.63, 3.8) is 0 Å². The summed E-state index contributed by atoms with van der Waals surface area (Å²) in [5.41, 5.74) is 0.546. The Hall–Kier alpha value is -1.35. The topological polar surface area (TPSA) is 46.5 Å². The number of ether oxygens (including phenoxy) is 1. The van der Waals surface area contributed by atoms with Crippen LogP contribution in [0, 0.1) is 0 Å². The van der Waals surface area contributed by atoms with E-state index in [-0.39, 0.29) is 0 Å². The van der Waals surface area contributed by atoms with Gasteiger partial charge >= 0.3 is 5.97 Å². The van der Waals surface area contributed by atoms with E-state index in [0.717, 1.165) is 0 Å². The molecule has 1 atom stereocenters. The molecule has 0 unspecified atom stereocenters. The van der Waals surface area contributed by atoms with Gasteiger partial charge in [0.25, 0.3) is 0 Å². The van der Waals surface area contributed by atoms with E-state index in [1.54, 1.807) is 24.3 Å². The molecule has 3 nitrogen and oxygen atoms in total. The number of rotatable bonds is 2. The number of aliphatic hydroxyl groups excluding tert-OH is 1. The molecule has 0 radical (unpaired) electrons. The molecule has 1 aromatic rings. The molecule has 64 valence electrons. The highest BCUT2D eigenvalue weighted by atomic mass is 16.5. The summed E-state index contributed by atoms with van der Waals surface area (Å²) in [6.07, 6.45) is -1.17. The van der Waals surface area contributed by atoms with Crippen molar-refractivity contribution in [3.05, 3.63) is 35.9 Å². The van der Waals surface area contributed by atoms with Gasteiger partial charge in [-0.05, 0) is 5.56 Å². The molecule has 1 N–H and O–H groups in total. The Kier molecular flexibility index (Phi) is 2.82. The van der Waals surface area contributed by atoms with Crippen LogP contribution in [0.25, 0.3) is 0 Å². The molecule has 0 aliphatic heterocycles. The van der Waals surface area contributed by atoms with Gasteiger partial charge in [0.2, 0.25) is 0 Å². The van der Waals surface area contributed by atoms with Crippen LogP contribution >= 0.6 is 0 Å². The van der Waals surface area contributed by atoms with Crippen molar-refractivity contribution in [2.24, 2.45) is 0 Å². The molecule has 0 bridgehead atoms. The number of carbonyl (C=O) groups excluding carboxylic acids is 1. The smallest absolute Gasteiger partial charge is 0.339 e. The molecule has 0 aliphatic carbocycles. The Labute approximate surface area is 70.6 Å². The van der Waals surface area contributed by atoms with Crippen molar-refractivity contribution in [1.82, 2.24) is 0 Å². The first kappa shape index (κ1) is 8.74. The predicted molar refractivity (Wildman–Crippen MR) is 43.4 cm³/mol. The standard InChI is InChI=1S/C9H10O3/c1-12-9(11)8(10)7-5-3-2-4-6-7/h2-6,8,10H,1H3/t8-/m1/s1. The zero-order valence-electron chi connectivity index (χ0n) is 6.73. The zero-order chi connectivity index (χ0) is 8.97. The molecular formula is C9H10O3. The Morgan fingerprint density at radius 2 is 2.00 bits per heavy atom. The van der Waals surface area contributed by atoms with Gasteiger partial charge in [0.05, 0.1) is 7.11 Å². The van der Waals surface area contributed by atoms with E-state index in [1.165, 1.54) is 7.11 Å². The first-order chi connectivity index (χ1) is 5.75. The second-order valence-corrected chi connectivity index (χ2v) is 2.34. The molecule has 0 spiro atoms. The Morgan fingerprint density at radius 1 is 1.42 bits per heavy atom. The number of carbonyl (C=O) groups is 1. The van der Waals surface area contributed by atoms with E-state index < -0.39 is 12.1 Å². The van der Waals surface area contributed by atoms with Gasteiger partial charge < -0.3 is 9.84 Å². The van der Waals surface area contributed by atoms with Crippen LogP contribution in [0.1, 0.15) is 11.7 Å². The predicted octanol–water partition coefficient (Wildman–Crippen LogP) is 0.893. The van der Waals surface area contributed by atoms with Crippen LogP contribution in [0.3, 0.4) is 0 Å². The Morgan fingerprint density at radius 3 is 2.50 bits per heavy atom. The summed E-state index contributed by atoms with van der Waals surface area (Å²) in [7, 11) is 1.24. The van der Waals surface area contributed by atoms with E-state index in [1.807, 2.05) is 6.07 Å². The summed E-state index contributed by atoms with van der Waals surface area (Å²) >= 11 is 0. The molecule has 0 saturated heterocycles. The summed E-state index contributed by atoms with van der Waals surface area (Å²) in [4.78, 5) is 10.8. The maximum absolute atomic E-state index is 10.8. The van der Waals surface area contributed by atoms with Crippen LogP contribution < -0.4 is 0 Å². The van der Waals surface area contributed by atoms with Crippen LogP contribution in [0.2, 0.25) is 0 Å². The van der Waals surface area contributed by atoms with Crippen LogP contribution in [0.15, 0.2) is 30.3 Å². The number of hydrogen-bond donors (Lipinski definition) is 1. The number of hydrogen-bond acceptors (Lipinski definition) is 3. The minimum atomic E-state index is -1.17. The number of aliphatic hydroxyl groups is 1. The molecular weight excluding hydrogens is 156 g/mol. The van der Waals surface area contributed by atoms with E-state index in [9.17, 15) is 9.90 Å². The molecule has 0 fully saturated rings. The molecule has 1 aromatic carbocycles. The minimum Gasteiger partial charge on any atom is -0.467 e. The van der Waals surface area contributed by atoms with E-state index in [4.69, 9.17) is 0 Å². The monoisotopic (exact) mass is 166 g/mol. The van der Waals surface area contributed by atoms with Crippen LogP contribution in [-0.4, -0.2) is 18.2 Å². The highest BCUT2D eigenvalue weighted by molar-refractivity contribution is 5.75. The third-order valence-corrected chi connectivity index (χ3v) is 1.54. The Bertz CT molecular complexity index is 256. The second-order valence-electron chi connectivity index (χ2n) is 2.34. The average molecular weight is 166 g/mol. The molecule has 0 amide bonds. The quantitative estimate of drug-likeness (QED) is 0.664. The zero-order valence-corrected chi connectivity index (χ0v) is 6.73. The van der Waals surface area contributed by atoms with E-state index in [0.29, 0.717) is 5.56 Å². The lowest BCUT2D eigenvalue weighted by molar-refractivity contribution is -0.150. The molecule has 12 heavy (non-hydrogen) atoms. The van der Waals surface area contributed by atoms with Crippen molar-refractivity contribution >= 4 is 5.97 Å². The van der Waals surface area contributed by atoms with Gasteiger partial charge in [0.15, 0.2) is 6.10 Å². The fourth-order valence-corrected chi connectivity index (χ4v) is 0.883. The maximum atomic E-state index is 10.8. The van der Waals surface area contributed by atoms with Crippen LogP contribution in [0.5, 0.6) is 0 Å². The molecule has 1 rings (SSSR count). The van der Waals surface area contributed by atoms with Gasteiger partial charge in [0.1, 0.15) is 0 Å². The number of methoxy groups -OCH3 is 1. The van der Waals surface area contributed by atoms with Gasteiger partial charge in [-0.3, -0.25) is 0 Å².